The molecule has 3 rings (SSSR count). The van der Waals surface area contributed by atoms with Gasteiger partial charge in [-0.3, -0.25) is 0 Å². The van der Waals surface area contributed by atoms with Crippen LogP contribution in [-0.2, 0) is 6.54 Å². The largest absolute Gasteiger partial charge is 0.478 e. The maximum atomic E-state index is 11.4. The van der Waals surface area contributed by atoms with Gasteiger partial charge in [-0.05, 0) is 36.8 Å². The number of benzene rings is 2. The number of para-hydroxylation sites is 1. The van der Waals surface area contributed by atoms with Gasteiger partial charge in [0, 0.05) is 22.6 Å². The van der Waals surface area contributed by atoms with Crippen LogP contribution in [0.4, 0.5) is 0 Å². The highest BCUT2D eigenvalue weighted by Gasteiger charge is 2.14. The molecule has 2 aromatic carbocycles. The number of carboxylic acid groups (broad SMARTS) is 1. The highest BCUT2D eigenvalue weighted by Crippen LogP contribution is 2.25. The molecule has 0 saturated carbocycles. The van der Waals surface area contributed by atoms with Crippen molar-refractivity contribution in [3.63, 3.8) is 0 Å². The minimum absolute atomic E-state index is 0.328. The van der Waals surface area contributed by atoms with Gasteiger partial charge in [-0.2, -0.15) is 0 Å². The Labute approximate surface area is 127 Å². The molecule has 0 amide bonds. The van der Waals surface area contributed by atoms with E-state index in [4.69, 9.17) is 11.6 Å². The predicted octanol–water partition coefficient (Wildman–Crippen LogP) is 4.35. The van der Waals surface area contributed by atoms with Gasteiger partial charge in [0.15, 0.2) is 0 Å². The number of rotatable bonds is 3. The van der Waals surface area contributed by atoms with E-state index < -0.39 is 5.97 Å². The van der Waals surface area contributed by atoms with Crippen LogP contribution in [0.15, 0.2) is 48.5 Å². The molecule has 1 N–H and O–H groups in total. The van der Waals surface area contributed by atoms with E-state index in [1.165, 1.54) is 0 Å². The molecule has 0 saturated heterocycles. The van der Waals surface area contributed by atoms with E-state index in [-0.39, 0.29) is 0 Å². The Balaban J connectivity index is 2.15. The fraction of sp³-hybridized carbons (Fsp3) is 0.118. The first-order valence-corrected chi connectivity index (χ1v) is 7.00. The molecule has 4 heteroatoms. The fourth-order valence-electron chi connectivity index (χ4n) is 2.61. The zero-order valence-corrected chi connectivity index (χ0v) is 12.3. The molecular formula is C17H14ClNO2. The van der Waals surface area contributed by atoms with Gasteiger partial charge >= 0.3 is 5.97 Å². The molecule has 106 valence electrons. The van der Waals surface area contributed by atoms with Gasteiger partial charge in [-0.15, -0.1) is 0 Å². The Morgan fingerprint density at radius 2 is 1.90 bits per heavy atom. The van der Waals surface area contributed by atoms with Crippen molar-refractivity contribution in [3.05, 3.63) is 70.4 Å². The van der Waals surface area contributed by atoms with Crippen molar-refractivity contribution < 1.29 is 9.90 Å². The zero-order chi connectivity index (χ0) is 15.0. The van der Waals surface area contributed by atoms with Crippen LogP contribution >= 0.6 is 11.6 Å². The third-order valence-electron chi connectivity index (χ3n) is 3.61. The smallest absolute Gasteiger partial charge is 0.337 e. The summed E-state index contributed by atoms with van der Waals surface area (Å²) in [4.78, 5) is 11.4. The third kappa shape index (κ3) is 2.52. The van der Waals surface area contributed by atoms with Crippen LogP contribution in [0.1, 0.15) is 21.6 Å². The van der Waals surface area contributed by atoms with E-state index >= 15 is 0 Å². The molecule has 0 bridgehead atoms. The lowest BCUT2D eigenvalue weighted by atomic mass is 10.1. The van der Waals surface area contributed by atoms with Crippen molar-refractivity contribution in [1.82, 2.24) is 4.57 Å². The van der Waals surface area contributed by atoms with Crippen molar-refractivity contribution in [2.75, 3.05) is 0 Å². The molecule has 1 aromatic heterocycles. The Morgan fingerprint density at radius 1 is 1.19 bits per heavy atom. The monoisotopic (exact) mass is 299 g/mol. The van der Waals surface area contributed by atoms with Gasteiger partial charge < -0.3 is 9.67 Å². The number of halogens is 1. The number of hydrogen-bond acceptors (Lipinski definition) is 1. The molecular weight excluding hydrogens is 286 g/mol. The minimum Gasteiger partial charge on any atom is -0.478 e. The molecule has 0 radical (unpaired) electrons. The molecule has 3 aromatic rings. The molecule has 3 nitrogen and oxygen atoms in total. The van der Waals surface area contributed by atoms with Gasteiger partial charge in [0.05, 0.1) is 11.1 Å². The van der Waals surface area contributed by atoms with Crippen molar-refractivity contribution in [1.29, 1.82) is 0 Å². The number of carboxylic acids is 1. The molecule has 0 aliphatic heterocycles. The van der Waals surface area contributed by atoms with Crippen molar-refractivity contribution >= 4 is 28.5 Å². The summed E-state index contributed by atoms with van der Waals surface area (Å²) in [6.45, 7) is 2.61. The van der Waals surface area contributed by atoms with Crippen LogP contribution in [0.25, 0.3) is 10.9 Å². The van der Waals surface area contributed by atoms with Gasteiger partial charge in [-0.1, -0.05) is 35.9 Å². The van der Waals surface area contributed by atoms with Gasteiger partial charge in [0.2, 0.25) is 0 Å². The number of aromatic carboxylic acids is 1. The molecule has 0 aliphatic rings. The van der Waals surface area contributed by atoms with E-state index in [9.17, 15) is 9.90 Å². The number of hydrogen-bond donors (Lipinski definition) is 1. The quantitative estimate of drug-likeness (QED) is 0.781. The predicted molar refractivity (Wildman–Crippen MR) is 84.2 cm³/mol. The third-order valence-corrected chi connectivity index (χ3v) is 3.86. The van der Waals surface area contributed by atoms with Crippen molar-refractivity contribution in [2.45, 2.75) is 13.5 Å². The highest BCUT2D eigenvalue weighted by atomic mass is 35.5. The van der Waals surface area contributed by atoms with Crippen LogP contribution in [0.3, 0.4) is 0 Å². The first-order valence-electron chi connectivity index (χ1n) is 6.63. The van der Waals surface area contributed by atoms with Crippen LogP contribution in [-0.4, -0.2) is 15.6 Å². The maximum Gasteiger partial charge on any atom is 0.337 e. The van der Waals surface area contributed by atoms with E-state index in [0.29, 0.717) is 17.1 Å². The molecule has 0 atom stereocenters. The first-order chi connectivity index (χ1) is 10.1. The second-order valence-electron chi connectivity index (χ2n) is 5.05. The number of aryl methyl sites for hydroxylation is 1. The Bertz CT molecular complexity index is 819. The number of nitrogens with zero attached hydrogens (tertiary/aromatic N) is 1. The summed E-state index contributed by atoms with van der Waals surface area (Å²) in [6, 6.07) is 15.0. The molecule has 0 aliphatic carbocycles. The number of carbonyl (C=O) groups is 1. The summed E-state index contributed by atoms with van der Waals surface area (Å²) in [6.07, 6.45) is 0. The summed E-state index contributed by atoms with van der Waals surface area (Å²) in [5, 5.41) is 11.0. The lowest BCUT2D eigenvalue weighted by Gasteiger charge is -2.10. The van der Waals surface area contributed by atoms with Gasteiger partial charge in [0.1, 0.15) is 0 Å². The molecule has 0 fully saturated rings. The average Bonchev–Trinajstić information content (AvgIpc) is 2.77. The highest BCUT2D eigenvalue weighted by molar-refractivity contribution is 6.30. The van der Waals surface area contributed by atoms with Crippen LogP contribution in [0.2, 0.25) is 5.02 Å². The summed E-state index contributed by atoms with van der Waals surface area (Å²) >= 11 is 5.90. The Morgan fingerprint density at radius 3 is 2.57 bits per heavy atom. The van der Waals surface area contributed by atoms with E-state index in [1.807, 2.05) is 47.9 Å². The normalized spacial score (nSPS) is 11.0. The second-order valence-corrected chi connectivity index (χ2v) is 5.48. The summed E-state index contributed by atoms with van der Waals surface area (Å²) in [5.74, 6) is -0.906. The number of fused-ring (bicyclic) bond motifs is 1. The van der Waals surface area contributed by atoms with Crippen molar-refractivity contribution in [3.8, 4) is 0 Å². The first kappa shape index (κ1) is 13.7. The van der Waals surface area contributed by atoms with Crippen LogP contribution < -0.4 is 0 Å². The standard InChI is InChI=1S/C17H14ClNO2/c1-11-9-13-3-2-4-15(17(20)21)16(13)19(11)10-12-5-7-14(18)8-6-12/h2-9H,10H2,1H3,(H,20,21). The fourth-order valence-corrected chi connectivity index (χ4v) is 2.73. The minimum atomic E-state index is -0.906. The number of aromatic nitrogens is 1. The molecule has 0 unspecified atom stereocenters. The van der Waals surface area contributed by atoms with Crippen molar-refractivity contribution in [2.24, 2.45) is 0 Å². The SMILES string of the molecule is Cc1cc2cccc(C(=O)O)c2n1Cc1ccc(Cl)cc1. The lowest BCUT2D eigenvalue weighted by molar-refractivity contribution is 0.0698. The Kier molecular flexibility index (Phi) is 3.43. The Hall–Kier alpha value is -2.26. The van der Waals surface area contributed by atoms with Gasteiger partial charge in [-0.25, -0.2) is 4.79 Å². The van der Waals surface area contributed by atoms with Crippen LogP contribution in [0, 0.1) is 6.92 Å². The molecule has 21 heavy (non-hydrogen) atoms. The topological polar surface area (TPSA) is 42.2 Å². The lowest BCUT2D eigenvalue weighted by Crippen LogP contribution is -2.06. The van der Waals surface area contributed by atoms with E-state index in [0.717, 1.165) is 22.2 Å². The molecule has 1 heterocycles. The maximum absolute atomic E-state index is 11.4. The van der Waals surface area contributed by atoms with E-state index in [2.05, 4.69) is 0 Å². The summed E-state index contributed by atoms with van der Waals surface area (Å²) in [7, 11) is 0. The second kappa shape index (κ2) is 5.26. The average molecular weight is 300 g/mol. The molecule has 0 spiro atoms. The summed E-state index contributed by atoms with van der Waals surface area (Å²) < 4.78 is 2.03. The zero-order valence-electron chi connectivity index (χ0n) is 11.5. The van der Waals surface area contributed by atoms with Crippen LogP contribution in [0.5, 0.6) is 0 Å². The van der Waals surface area contributed by atoms with Gasteiger partial charge in [0.25, 0.3) is 0 Å². The van der Waals surface area contributed by atoms with E-state index in [1.54, 1.807) is 12.1 Å². The summed E-state index contributed by atoms with van der Waals surface area (Å²) in [5.41, 5.74) is 3.21.